The average Bonchev–Trinajstić information content (AvgIpc) is 2.00. The summed E-state index contributed by atoms with van der Waals surface area (Å²) in [6, 6.07) is -0.533. The highest BCUT2D eigenvalue weighted by atomic mass is 16.5. The molecular formula is C8H15NO3. The van der Waals surface area contributed by atoms with Crippen LogP contribution in [0.4, 0.5) is 0 Å². The SMILES string of the molecule is CCOC(=O)CCC(N)C(C)=O. The van der Waals surface area contributed by atoms with E-state index in [1.807, 2.05) is 0 Å². The van der Waals surface area contributed by atoms with E-state index in [4.69, 9.17) is 5.73 Å². The number of ketones is 1. The van der Waals surface area contributed by atoms with Crippen molar-refractivity contribution in [2.24, 2.45) is 5.73 Å². The Labute approximate surface area is 72.1 Å². The van der Waals surface area contributed by atoms with E-state index in [-0.39, 0.29) is 18.2 Å². The second kappa shape index (κ2) is 5.71. The van der Waals surface area contributed by atoms with Crippen molar-refractivity contribution in [3.8, 4) is 0 Å². The lowest BCUT2D eigenvalue weighted by Gasteiger charge is -2.06. The summed E-state index contributed by atoms with van der Waals surface area (Å²) in [5, 5.41) is 0. The molecule has 12 heavy (non-hydrogen) atoms. The van der Waals surface area contributed by atoms with Crippen LogP contribution in [0.15, 0.2) is 0 Å². The number of hydrogen-bond donors (Lipinski definition) is 1. The quantitative estimate of drug-likeness (QED) is 0.605. The summed E-state index contributed by atoms with van der Waals surface area (Å²) >= 11 is 0. The van der Waals surface area contributed by atoms with Gasteiger partial charge in [0.2, 0.25) is 0 Å². The maximum atomic E-state index is 10.8. The van der Waals surface area contributed by atoms with E-state index < -0.39 is 6.04 Å². The molecule has 0 aromatic carbocycles. The Balaban J connectivity index is 3.54. The Morgan fingerprint density at radius 3 is 2.50 bits per heavy atom. The summed E-state index contributed by atoms with van der Waals surface area (Å²) in [5.74, 6) is -0.395. The molecule has 4 nitrogen and oxygen atoms in total. The van der Waals surface area contributed by atoms with Crippen molar-refractivity contribution in [1.82, 2.24) is 0 Å². The van der Waals surface area contributed by atoms with E-state index in [1.54, 1.807) is 6.92 Å². The van der Waals surface area contributed by atoms with Crippen molar-refractivity contribution in [3.05, 3.63) is 0 Å². The maximum absolute atomic E-state index is 10.8. The van der Waals surface area contributed by atoms with E-state index in [1.165, 1.54) is 6.92 Å². The summed E-state index contributed by atoms with van der Waals surface area (Å²) in [7, 11) is 0. The van der Waals surface area contributed by atoms with E-state index in [9.17, 15) is 9.59 Å². The minimum atomic E-state index is -0.533. The molecule has 0 aromatic rings. The highest BCUT2D eigenvalue weighted by Crippen LogP contribution is 1.97. The highest BCUT2D eigenvalue weighted by molar-refractivity contribution is 5.81. The van der Waals surface area contributed by atoms with Crippen molar-refractivity contribution in [1.29, 1.82) is 0 Å². The number of nitrogens with two attached hydrogens (primary N) is 1. The topological polar surface area (TPSA) is 69.4 Å². The standard InChI is InChI=1S/C8H15NO3/c1-3-12-8(11)5-4-7(9)6(2)10/h7H,3-5,9H2,1-2H3. The third kappa shape index (κ3) is 4.85. The molecule has 0 spiro atoms. The van der Waals surface area contributed by atoms with Crippen LogP contribution in [0.3, 0.4) is 0 Å². The summed E-state index contributed by atoms with van der Waals surface area (Å²) in [6.45, 7) is 3.52. The molecule has 70 valence electrons. The number of carbonyl (C=O) groups is 2. The molecule has 0 saturated carbocycles. The van der Waals surface area contributed by atoms with Crippen LogP contribution in [0.25, 0.3) is 0 Å². The smallest absolute Gasteiger partial charge is 0.305 e. The van der Waals surface area contributed by atoms with Gasteiger partial charge in [-0.3, -0.25) is 9.59 Å². The normalized spacial score (nSPS) is 12.2. The van der Waals surface area contributed by atoms with E-state index in [0.29, 0.717) is 13.0 Å². The van der Waals surface area contributed by atoms with Crippen molar-refractivity contribution in [2.75, 3.05) is 6.61 Å². The first-order valence-electron chi connectivity index (χ1n) is 3.99. The zero-order chi connectivity index (χ0) is 9.56. The van der Waals surface area contributed by atoms with Crippen LogP contribution in [-0.4, -0.2) is 24.4 Å². The number of carbonyl (C=O) groups excluding carboxylic acids is 2. The molecular weight excluding hydrogens is 158 g/mol. The van der Waals surface area contributed by atoms with Crippen LogP contribution < -0.4 is 5.73 Å². The molecule has 4 heteroatoms. The molecule has 0 aliphatic heterocycles. The number of esters is 1. The second-order valence-electron chi connectivity index (χ2n) is 2.56. The Bertz CT molecular complexity index is 168. The molecule has 0 saturated heterocycles. The van der Waals surface area contributed by atoms with Gasteiger partial charge in [0, 0.05) is 6.42 Å². The van der Waals surface area contributed by atoms with Crippen LogP contribution in [0.1, 0.15) is 26.7 Å². The zero-order valence-corrected chi connectivity index (χ0v) is 7.50. The van der Waals surface area contributed by atoms with Crippen LogP contribution in [0, 0.1) is 0 Å². The Kier molecular flexibility index (Phi) is 5.28. The first-order chi connectivity index (χ1) is 5.57. The van der Waals surface area contributed by atoms with Crippen molar-refractivity contribution in [2.45, 2.75) is 32.7 Å². The number of hydrogen-bond acceptors (Lipinski definition) is 4. The van der Waals surface area contributed by atoms with Crippen molar-refractivity contribution >= 4 is 11.8 Å². The molecule has 1 atom stereocenters. The van der Waals surface area contributed by atoms with Gasteiger partial charge in [0.1, 0.15) is 5.78 Å². The fourth-order valence-corrected chi connectivity index (χ4v) is 0.710. The lowest BCUT2D eigenvalue weighted by atomic mass is 10.1. The van der Waals surface area contributed by atoms with Crippen LogP contribution in [0.2, 0.25) is 0 Å². The highest BCUT2D eigenvalue weighted by Gasteiger charge is 2.10. The molecule has 0 aliphatic carbocycles. The summed E-state index contributed by atoms with van der Waals surface area (Å²) in [4.78, 5) is 21.4. The van der Waals surface area contributed by atoms with Gasteiger partial charge < -0.3 is 10.5 Å². The monoisotopic (exact) mass is 173 g/mol. The Hall–Kier alpha value is -0.900. The lowest BCUT2D eigenvalue weighted by Crippen LogP contribution is -2.29. The van der Waals surface area contributed by atoms with Crippen LogP contribution in [-0.2, 0) is 14.3 Å². The first kappa shape index (κ1) is 11.1. The van der Waals surface area contributed by atoms with Gasteiger partial charge >= 0.3 is 5.97 Å². The molecule has 1 unspecified atom stereocenters. The molecule has 2 N–H and O–H groups in total. The minimum Gasteiger partial charge on any atom is -0.466 e. The Morgan fingerprint density at radius 2 is 2.08 bits per heavy atom. The van der Waals surface area contributed by atoms with Crippen molar-refractivity contribution < 1.29 is 14.3 Å². The number of ether oxygens (including phenoxy) is 1. The van der Waals surface area contributed by atoms with Crippen LogP contribution in [0.5, 0.6) is 0 Å². The molecule has 0 aromatic heterocycles. The molecule has 0 heterocycles. The summed E-state index contributed by atoms with van der Waals surface area (Å²) in [5.41, 5.74) is 5.40. The number of rotatable bonds is 5. The maximum Gasteiger partial charge on any atom is 0.305 e. The predicted molar refractivity (Wildman–Crippen MR) is 44.5 cm³/mol. The van der Waals surface area contributed by atoms with Crippen molar-refractivity contribution in [3.63, 3.8) is 0 Å². The molecule has 0 bridgehead atoms. The average molecular weight is 173 g/mol. The first-order valence-corrected chi connectivity index (χ1v) is 3.99. The van der Waals surface area contributed by atoms with E-state index >= 15 is 0 Å². The molecule has 0 rings (SSSR count). The van der Waals surface area contributed by atoms with Crippen LogP contribution >= 0.6 is 0 Å². The van der Waals surface area contributed by atoms with Gasteiger partial charge in [-0.2, -0.15) is 0 Å². The van der Waals surface area contributed by atoms with Gasteiger partial charge in [-0.1, -0.05) is 0 Å². The van der Waals surface area contributed by atoms with Gasteiger partial charge in [-0.25, -0.2) is 0 Å². The lowest BCUT2D eigenvalue weighted by molar-refractivity contribution is -0.143. The minimum absolute atomic E-state index is 0.0979. The van der Waals surface area contributed by atoms with E-state index in [2.05, 4.69) is 4.74 Å². The van der Waals surface area contributed by atoms with Gasteiger partial charge in [0.15, 0.2) is 0 Å². The fourth-order valence-electron chi connectivity index (χ4n) is 0.710. The Morgan fingerprint density at radius 1 is 1.50 bits per heavy atom. The number of Topliss-reactive ketones (excluding diaryl/α,β-unsaturated/α-hetero) is 1. The van der Waals surface area contributed by atoms with Gasteiger partial charge in [-0.05, 0) is 20.3 Å². The third-order valence-electron chi connectivity index (χ3n) is 1.49. The van der Waals surface area contributed by atoms with Gasteiger partial charge in [0.25, 0.3) is 0 Å². The predicted octanol–water partition coefficient (Wildman–Crippen LogP) is 0.246. The fraction of sp³-hybridized carbons (Fsp3) is 0.750. The third-order valence-corrected chi connectivity index (χ3v) is 1.49. The molecule has 0 fully saturated rings. The summed E-state index contributed by atoms with van der Waals surface area (Å²) in [6.07, 6.45) is 0.586. The second-order valence-corrected chi connectivity index (χ2v) is 2.56. The van der Waals surface area contributed by atoms with Gasteiger partial charge in [0.05, 0.1) is 12.6 Å². The van der Waals surface area contributed by atoms with Gasteiger partial charge in [-0.15, -0.1) is 0 Å². The molecule has 0 amide bonds. The molecule has 0 aliphatic rings. The zero-order valence-electron chi connectivity index (χ0n) is 7.50. The molecule has 0 radical (unpaired) electrons. The largest absolute Gasteiger partial charge is 0.466 e. The summed E-state index contributed by atoms with van der Waals surface area (Å²) < 4.78 is 4.67. The van der Waals surface area contributed by atoms with E-state index in [0.717, 1.165) is 0 Å².